The SMILES string of the molecule is CC(C)[C@H]1CC[C@@H](C)C[C@@H]1OC[C@@H](O)C[N+]1(Cc2ccccc2)CCCC1. The number of aliphatic hydroxyl groups is 1. The standard InChI is InChI=1S/C24H40NO2/c1-19(2)23-12-11-20(3)15-24(23)27-18-22(26)17-25(13-7-8-14-25)16-21-9-5-4-6-10-21/h4-6,9-10,19-20,22-24,26H,7-8,11-18H2,1-3H3/q+1/t20-,22+,23-,24+/m1/s1. The molecule has 0 amide bonds. The molecule has 0 aromatic heterocycles. The summed E-state index contributed by atoms with van der Waals surface area (Å²) in [6, 6.07) is 10.8. The van der Waals surface area contributed by atoms with E-state index < -0.39 is 0 Å². The highest BCUT2D eigenvalue weighted by Crippen LogP contribution is 2.35. The number of nitrogens with zero attached hydrogens (tertiary/aromatic N) is 1. The minimum absolute atomic E-state index is 0.324. The molecule has 2 aliphatic rings. The molecule has 1 aliphatic heterocycles. The molecule has 1 saturated heterocycles. The van der Waals surface area contributed by atoms with Crippen molar-refractivity contribution in [1.29, 1.82) is 0 Å². The fraction of sp³-hybridized carbons (Fsp3) is 0.750. The summed E-state index contributed by atoms with van der Waals surface area (Å²) in [4.78, 5) is 0. The Morgan fingerprint density at radius 3 is 2.48 bits per heavy atom. The maximum Gasteiger partial charge on any atom is 0.126 e. The number of likely N-dealkylation sites (tertiary alicyclic amines) is 1. The van der Waals surface area contributed by atoms with Gasteiger partial charge < -0.3 is 14.3 Å². The molecule has 27 heavy (non-hydrogen) atoms. The first-order valence-electron chi connectivity index (χ1n) is 11.2. The van der Waals surface area contributed by atoms with Crippen molar-refractivity contribution in [2.24, 2.45) is 17.8 Å². The van der Waals surface area contributed by atoms with E-state index in [0.717, 1.165) is 29.9 Å². The van der Waals surface area contributed by atoms with Crippen LogP contribution in [0.1, 0.15) is 58.4 Å². The molecule has 0 bridgehead atoms. The minimum Gasteiger partial charge on any atom is -0.385 e. The monoisotopic (exact) mass is 374 g/mol. The van der Waals surface area contributed by atoms with Crippen LogP contribution in [-0.4, -0.2) is 48.0 Å². The van der Waals surface area contributed by atoms with Gasteiger partial charge in [-0.15, -0.1) is 0 Å². The van der Waals surface area contributed by atoms with Crippen molar-refractivity contribution in [1.82, 2.24) is 0 Å². The lowest BCUT2D eigenvalue weighted by atomic mass is 9.75. The van der Waals surface area contributed by atoms with Crippen LogP contribution in [0.25, 0.3) is 0 Å². The summed E-state index contributed by atoms with van der Waals surface area (Å²) >= 11 is 0. The van der Waals surface area contributed by atoms with E-state index in [9.17, 15) is 5.11 Å². The highest BCUT2D eigenvalue weighted by Gasteiger charge is 2.36. The maximum absolute atomic E-state index is 10.8. The van der Waals surface area contributed by atoms with Gasteiger partial charge in [-0.1, -0.05) is 57.5 Å². The largest absolute Gasteiger partial charge is 0.385 e. The second-order valence-corrected chi connectivity index (χ2v) is 9.67. The van der Waals surface area contributed by atoms with Crippen LogP contribution in [0.2, 0.25) is 0 Å². The summed E-state index contributed by atoms with van der Waals surface area (Å²) < 4.78 is 7.35. The molecule has 1 saturated carbocycles. The number of rotatable bonds is 8. The van der Waals surface area contributed by atoms with Crippen LogP contribution in [0, 0.1) is 17.8 Å². The molecule has 2 fully saturated rings. The van der Waals surface area contributed by atoms with Gasteiger partial charge in [0.25, 0.3) is 0 Å². The molecule has 0 unspecified atom stereocenters. The van der Waals surface area contributed by atoms with Crippen LogP contribution in [0.15, 0.2) is 30.3 Å². The highest BCUT2D eigenvalue weighted by molar-refractivity contribution is 5.13. The van der Waals surface area contributed by atoms with Crippen molar-refractivity contribution in [3.63, 3.8) is 0 Å². The van der Waals surface area contributed by atoms with Crippen LogP contribution in [-0.2, 0) is 11.3 Å². The summed E-state index contributed by atoms with van der Waals surface area (Å²) in [5.74, 6) is 2.06. The lowest BCUT2D eigenvalue weighted by Gasteiger charge is -2.39. The number of benzene rings is 1. The van der Waals surface area contributed by atoms with Crippen molar-refractivity contribution >= 4 is 0 Å². The summed E-state index contributed by atoms with van der Waals surface area (Å²) in [6.45, 7) is 11.7. The predicted molar refractivity (Wildman–Crippen MR) is 111 cm³/mol. The number of aliphatic hydroxyl groups excluding tert-OH is 1. The molecule has 152 valence electrons. The lowest BCUT2D eigenvalue weighted by molar-refractivity contribution is -0.932. The molecular formula is C24H40NO2+. The Morgan fingerprint density at radius 1 is 1.11 bits per heavy atom. The number of ether oxygens (including phenoxy) is 1. The van der Waals surface area contributed by atoms with E-state index in [1.807, 2.05) is 0 Å². The van der Waals surface area contributed by atoms with Crippen molar-refractivity contribution in [2.75, 3.05) is 26.2 Å². The molecule has 3 rings (SSSR count). The Bertz CT molecular complexity index is 553. The fourth-order valence-electron chi connectivity index (χ4n) is 5.42. The molecule has 4 atom stereocenters. The van der Waals surface area contributed by atoms with E-state index in [0.29, 0.717) is 24.5 Å². The zero-order valence-electron chi connectivity index (χ0n) is 17.6. The Labute approximate surface area is 166 Å². The van der Waals surface area contributed by atoms with Crippen LogP contribution >= 0.6 is 0 Å². The van der Waals surface area contributed by atoms with E-state index in [2.05, 4.69) is 51.1 Å². The Balaban J connectivity index is 1.55. The molecule has 0 spiro atoms. The average Bonchev–Trinajstić information content (AvgIpc) is 3.08. The summed E-state index contributed by atoms with van der Waals surface area (Å²) in [7, 11) is 0. The third-order valence-electron chi connectivity index (χ3n) is 6.94. The molecule has 1 aliphatic carbocycles. The quantitative estimate of drug-likeness (QED) is 0.672. The molecule has 1 aromatic carbocycles. The van der Waals surface area contributed by atoms with E-state index in [-0.39, 0.29) is 6.10 Å². The maximum atomic E-state index is 10.8. The van der Waals surface area contributed by atoms with Crippen molar-refractivity contribution in [3.8, 4) is 0 Å². The zero-order valence-corrected chi connectivity index (χ0v) is 17.6. The highest BCUT2D eigenvalue weighted by atomic mass is 16.5. The van der Waals surface area contributed by atoms with Gasteiger partial charge in [-0.05, 0) is 30.6 Å². The van der Waals surface area contributed by atoms with Crippen molar-refractivity contribution in [3.05, 3.63) is 35.9 Å². The molecule has 1 heterocycles. The topological polar surface area (TPSA) is 29.5 Å². The van der Waals surface area contributed by atoms with Crippen LogP contribution in [0.3, 0.4) is 0 Å². The molecule has 0 radical (unpaired) electrons. The fourth-order valence-corrected chi connectivity index (χ4v) is 5.42. The van der Waals surface area contributed by atoms with E-state index in [4.69, 9.17) is 4.74 Å². The average molecular weight is 375 g/mol. The van der Waals surface area contributed by atoms with Crippen LogP contribution < -0.4 is 0 Å². The van der Waals surface area contributed by atoms with Gasteiger partial charge in [0.15, 0.2) is 0 Å². The molecule has 3 nitrogen and oxygen atoms in total. The van der Waals surface area contributed by atoms with Gasteiger partial charge in [0, 0.05) is 18.4 Å². The van der Waals surface area contributed by atoms with Gasteiger partial charge in [-0.2, -0.15) is 0 Å². The zero-order chi connectivity index (χ0) is 19.3. The molecular weight excluding hydrogens is 334 g/mol. The summed E-state index contributed by atoms with van der Waals surface area (Å²) in [5.41, 5.74) is 1.38. The Hall–Kier alpha value is -0.900. The van der Waals surface area contributed by atoms with Crippen molar-refractivity contribution < 1.29 is 14.3 Å². The van der Waals surface area contributed by atoms with Crippen LogP contribution in [0.5, 0.6) is 0 Å². The predicted octanol–water partition coefficient (Wildman–Crippen LogP) is 4.64. The van der Waals surface area contributed by atoms with Gasteiger partial charge in [-0.3, -0.25) is 0 Å². The van der Waals surface area contributed by atoms with Gasteiger partial charge >= 0.3 is 0 Å². The van der Waals surface area contributed by atoms with Crippen molar-refractivity contribution in [2.45, 2.75) is 71.6 Å². The number of hydrogen-bond donors (Lipinski definition) is 1. The Morgan fingerprint density at radius 2 is 1.81 bits per heavy atom. The van der Waals surface area contributed by atoms with Gasteiger partial charge in [0.1, 0.15) is 19.2 Å². The third kappa shape index (κ3) is 5.79. The first kappa shape index (κ1) is 20.8. The van der Waals surface area contributed by atoms with E-state index >= 15 is 0 Å². The molecule has 1 aromatic rings. The first-order valence-corrected chi connectivity index (χ1v) is 11.2. The van der Waals surface area contributed by atoms with Gasteiger partial charge in [-0.25, -0.2) is 0 Å². The minimum atomic E-state index is -0.364. The van der Waals surface area contributed by atoms with E-state index in [1.54, 1.807) is 0 Å². The van der Waals surface area contributed by atoms with E-state index in [1.165, 1.54) is 44.3 Å². The normalized spacial score (nSPS) is 29.1. The number of quaternary nitrogens is 1. The first-order chi connectivity index (χ1) is 13.0. The summed E-state index contributed by atoms with van der Waals surface area (Å²) in [6.07, 6.45) is 6.25. The molecule has 1 N–H and O–H groups in total. The van der Waals surface area contributed by atoms with Gasteiger partial charge in [0.05, 0.1) is 25.8 Å². The lowest BCUT2D eigenvalue weighted by Crippen LogP contribution is -2.50. The number of hydrogen-bond acceptors (Lipinski definition) is 2. The smallest absolute Gasteiger partial charge is 0.126 e. The van der Waals surface area contributed by atoms with Crippen LogP contribution in [0.4, 0.5) is 0 Å². The third-order valence-corrected chi connectivity index (χ3v) is 6.94. The van der Waals surface area contributed by atoms with Gasteiger partial charge in [0.2, 0.25) is 0 Å². The summed E-state index contributed by atoms with van der Waals surface area (Å²) in [5, 5.41) is 10.8. The molecule has 3 heteroatoms. The second kappa shape index (κ2) is 9.54. The second-order valence-electron chi connectivity index (χ2n) is 9.67. The Kier molecular flexibility index (Phi) is 7.35.